The van der Waals surface area contributed by atoms with E-state index in [-0.39, 0.29) is 23.3 Å². The van der Waals surface area contributed by atoms with Crippen LogP contribution in [0.2, 0.25) is 0 Å². The summed E-state index contributed by atoms with van der Waals surface area (Å²) >= 11 is 0. The van der Waals surface area contributed by atoms with Gasteiger partial charge in [-0.15, -0.1) is 0 Å². The molecule has 2 aliphatic heterocycles. The number of carbonyl (C=O) groups is 1. The molecular weight excluding hydrogens is 413 g/mol. The average molecular weight is 455 g/mol. The Labute approximate surface area is 200 Å². The third-order valence-electron chi connectivity index (χ3n) is 7.92. The highest BCUT2D eigenvalue weighted by atomic mass is 16.7. The Hall–Kier alpha value is -1.53. The van der Waals surface area contributed by atoms with Gasteiger partial charge in [0.05, 0.1) is 17.2 Å². The number of amides is 1. The lowest BCUT2D eigenvalue weighted by Gasteiger charge is -2.32. The first-order chi connectivity index (χ1) is 15.4. The van der Waals surface area contributed by atoms with Crippen molar-refractivity contribution in [3.05, 3.63) is 29.3 Å². The summed E-state index contributed by atoms with van der Waals surface area (Å²) in [6.07, 6.45) is 8.09. The van der Waals surface area contributed by atoms with Gasteiger partial charge in [-0.05, 0) is 96.7 Å². The average Bonchev–Trinajstić information content (AvgIpc) is 3.29. The van der Waals surface area contributed by atoms with E-state index in [1.807, 2.05) is 25.7 Å². The van der Waals surface area contributed by atoms with Gasteiger partial charge in [0.1, 0.15) is 5.60 Å². The van der Waals surface area contributed by atoms with Gasteiger partial charge in [0, 0.05) is 6.54 Å². The Bertz CT molecular complexity index is 853. The zero-order valence-electron chi connectivity index (χ0n) is 21.7. The molecule has 0 bridgehead atoms. The molecule has 0 N–H and O–H groups in total. The number of hydrogen-bond donors (Lipinski definition) is 0. The highest BCUT2D eigenvalue weighted by Crippen LogP contribution is 2.42. The van der Waals surface area contributed by atoms with Crippen LogP contribution >= 0.6 is 0 Å². The molecule has 1 atom stereocenters. The lowest BCUT2D eigenvalue weighted by Crippen LogP contribution is -2.41. The standard InChI is InChI=1S/C27H42BNO4/c1-25(2,3)31-24(30)29-17-11-14-23(29)22-18-20(28-32-26(4,5)27(6,7)33-28)15-16-21(22)19-12-9-8-10-13-19/h15-16,18-19,23H,8-14,17H2,1-7H3/t23-/m0/s1. The quantitative estimate of drug-likeness (QED) is 0.517. The maximum atomic E-state index is 13.1. The van der Waals surface area contributed by atoms with E-state index in [1.165, 1.54) is 43.2 Å². The van der Waals surface area contributed by atoms with Crippen LogP contribution in [0, 0.1) is 0 Å². The number of carbonyl (C=O) groups excluding carboxylic acids is 1. The highest BCUT2D eigenvalue weighted by Gasteiger charge is 2.52. The van der Waals surface area contributed by atoms with Crippen molar-refractivity contribution in [3.63, 3.8) is 0 Å². The molecule has 6 heteroatoms. The van der Waals surface area contributed by atoms with Crippen LogP contribution in [0.25, 0.3) is 0 Å². The predicted molar refractivity (Wildman–Crippen MR) is 133 cm³/mol. The third kappa shape index (κ3) is 5.12. The van der Waals surface area contributed by atoms with Crippen LogP contribution in [-0.2, 0) is 14.0 Å². The Morgan fingerprint density at radius 3 is 2.21 bits per heavy atom. The molecule has 3 aliphatic rings. The molecule has 0 spiro atoms. The molecule has 5 nitrogen and oxygen atoms in total. The zero-order valence-corrected chi connectivity index (χ0v) is 21.7. The predicted octanol–water partition coefficient (Wildman–Crippen LogP) is 6.11. The summed E-state index contributed by atoms with van der Waals surface area (Å²) < 4.78 is 18.5. The Morgan fingerprint density at radius 2 is 1.61 bits per heavy atom. The van der Waals surface area contributed by atoms with Crippen molar-refractivity contribution >= 4 is 18.7 Å². The second kappa shape index (κ2) is 8.92. The van der Waals surface area contributed by atoms with Crippen LogP contribution in [0.1, 0.15) is 116 Å². The fourth-order valence-electron chi connectivity index (χ4n) is 5.42. The fraction of sp³-hybridized carbons (Fsp3) is 0.741. The first-order valence-corrected chi connectivity index (χ1v) is 12.9. The monoisotopic (exact) mass is 455 g/mol. The largest absolute Gasteiger partial charge is 0.494 e. The second-order valence-corrected chi connectivity index (χ2v) is 12.1. The zero-order chi connectivity index (χ0) is 24.0. The summed E-state index contributed by atoms with van der Waals surface area (Å²) in [6.45, 7) is 14.9. The van der Waals surface area contributed by atoms with Gasteiger partial charge in [-0.2, -0.15) is 0 Å². The third-order valence-corrected chi connectivity index (χ3v) is 7.92. The van der Waals surface area contributed by atoms with Crippen LogP contribution in [0.15, 0.2) is 18.2 Å². The van der Waals surface area contributed by atoms with Crippen LogP contribution < -0.4 is 5.46 Å². The lowest BCUT2D eigenvalue weighted by molar-refractivity contribution is 0.00578. The van der Waals surface area contributed by atoms with Gasteiger partial charge in [-0.1, -0.05) is 37.5 Å². The molecule has 0 radical (unpaired) electrons. The Kier molecular flexibility index (Phi) is 6.65. The fourth-order valence-corrected chi connectivity index (χ4v) is 5.42. The number of benzene rings is 1. The summed E-state index contributed by atoms with van der Waals surface area (Å²) in [5.41, 5.74) is 2.44. The number of ether oxygens (including phenoxy) is 1. The van der Waals surface area contributed by atoms with Crippen LogP contribution in [-0.4, -0.2) is 41.5 Å². The molecule has 4 rings (SSSR count). The summed E-state index contributed by atoms with van der Waals surface area (Å²) in [7, 11) is -0.398. The molecule has 2 saturated heterocycles. The van der Waals surface area contributed by atoms with Crippen molar-refractivity contribution in [2.24, 2.45) is 0 Å². The Morgan fingerprint density at radius 1 is 0.970 bits per heavy atom. The van der Waals surface area contributed by atoms with E-state index in [1.54, 1.807) is 0 Å². The summed E-state index contributed by atoms with van der Waals surface area (Å²) in [5, 5.41) is 0. The number of hydrogen-bond acceptors (Lipinski definition) is 4. The number of rotatable bonds is 3. The number of likely N-dealkylation sites (tertiary alicyclic amines) is 1. The molecule has 3 fully saturated rings. The van der Waals surface area contributed by atoms with E-state index in [0.717, 1.165) is 24.8 Å². The van der Waals surface area contributed by atoms with Gasteiger partial charge in [0.15, 0.2) is 0 Å². The van der Waals surface area contributed by atoms with Gasteiger partial charge in [-0.3, -0.25) is 0 Å². The molecule has 0 unspecified atom stereocenters. The van der Waals surface area contributed by atoms with Gasteiger partial charge < -0.3 is 18.9 Å². The van der Waals surface area contributed by atoms with E-state index in [9.17, 15) is 4.79 Å². The first-order valence-electron chi connectivity index (χ1n) is 12.9. The summed E-state index contributed by atoms with van der Waals surface area (Å²) in [5.74, 6) is 0.558. The SMILES string of the molecule is CC(C)(C)OC(=O)N1CCC[C@H]1c1cc(B2OC(C)(C)C(C)(C)O2)ccc1C1CCCCC1. The maximum Gasteiger partial charge on any atom is 0.494 e. The highest BCUT2D eigenvalue weighted by molar-refractivity contribution is 6.62. The van der Waals surface area contributed by atoms with Crippen molar-refractivity contribution in [2.75, 3.05) is 6.54 Å². The molecule has 1 aliphatic carbocycles. The summed E-state index contributed by atoms with van der Waals surface area (Å²) in [6, 6.07) is 6.78. The molecule has 2 heterocycles. The van der Waals surface area contributed by atoms with E-state index in [4.69, 9.17) is 14.0 Å². The van der Waals surface area contributed by atoms with Gasteiger partial charge in [0.25, 0.3) is 0 Å². The molecular formula is C27H42BNO4. The molecule has 182 valence electrons. The van der Waals surface area contributed by atoms with E-state index in [0.29, 0.717) is 5.92 Å². The van der Waals surface area contributed by atoms with Gasteiger partial charge in [-0.25, -0.2) is 4.79 Å². The van der Waals surface area contributed by atoms with Crippen molar-refractivity contribution in [1.82, 2.24) is 4.90 Å². The van der Waals surface area contributed by atoms with Gasteiger partial charge in [0.2, 0.25) is 0 Å². The van der Waals surface area contributed by atoms with E-state index in [2.05, 4.69) is 45.9 Å². The number of nitrogens with zero attached hydrogens (tertiary/aromatic N) is 1. The molecule has 1 aromatic carbocycles. The summed E-state index contributed by atoms with van der Waals surface area (Å²) in [4.78, 5) is 15.0. The van der Waals surface area contributed by atoms with E-state index >= 15 is 0 Å². The first kappa shape index (κ1) is 24.6. The van der Waals surface area contributed by atoms with Gasteiger partial charge >= 0.3 is 13.2 Å². The molecule has 1 saturated carbocycles. The van der Waals surface area contributed by atoms with Crippen molar-refractivity contribution in [3.8, 4) is 0 Å². The van der Waals surface area contributed by atoms with E-state index < -0.39 is 12.7 Å². The molecule has 1 amide bonds. The second-order valence-electron chi connectivity index (χ2n) is 12.1. The smallest absolute Gasteiger partial charge is 0.444 e. The lowest BCUT2D eigenvalue weighted by atomic mass is 9.74. The minimum absolute atomic E-state index is 0.0409. The van der Waals surface area contributed by atoms with Crippen LogP contribution in [0.4, 0.5) is 4.79 Å². The minimum atomic E-state index is -0.499. The topological polar surface area (TPSA) is 48.0 Å². The van der Waals surface area contributed by atoms with Crippen LogP contribution in [0.3, 0.4) is 0 Å². The van der Waals surface area contributed by atoms with Crippen molar-refractivity contribution < 1.29 is 18.8 Å². The Balaban J connectivity index is 1.69. The molecule has 0 aromatic heterocycles. The van der Waals surface area contributed by atoms with Crippen molar-refractivity contribution in [2.45, 2.75) is 122 Å². The maximum absolute atomic E-state index is 13.1. The van der Waals surface area contributed by atoms with Crippen LogP contribution in [0.5, 0.6) is 0 Å². The minimum Gasteiger partial charge on any atom is -0.444 e. The normalized spacial score (nSPS) is 25.5. The molecule has 33 heavy (non-hydrogen) atoms. The van der Waals surface area contributed by atoms with Crippen molar-refractivity contribution in [1.29, 1.82) is 0 Å². The molecule has 1 aromatic rings.